The van der Waals surface area contributed by atoms with Gasteiger partial charge in [0.05, 0.1) is 17.3 Å². The number of aromatic nitrogens is 1. The molecule has 138 valence electrons. The van der Waals surface area contributed by atoms with Gasteiger partial charge in [-0.25, -0.2) is 13.8 Å². The van der Waals surface area contributed by atoms with Crippen LogP contribution in [0.3, 0.4) is 0 Å². The average molecular weight is 379 g/mol. The van der Waals surface area contributed by atoms with Gasteiger partial charge in [-0.1, -0.05) is 12.5 Å². The Balaban J connectivity index is 1.72. The van der Waals surface area contributed by atoms with Gasteiger partial charge in [0.1, 0.15) is 5.82 Å². The highest BCUT2D eigenvalue weighted by Crippen LogP contribution is 2.36. The van der Waals surface area contributed by atoms with Crippen molar-refractivity contribution in [1.29, 1.82) is 0 Å². The van der Waals surface area contributed by atoms with E-state index in [2.05, 4.69) is 4.98 Å². The van der Waals surface area contributed by atoms with Gasteiger partial charge < -0.3 is 9.84 Å². The van der Waals surface area contributed by atoms with E-state index in [1.807, 2.05) is 6.07 Å². The number of halogens is 2. The Hall–Kier alpha value is -2.15. The van der Waals surface area contributed by atoms with E-state index in [4.69, 9.17) is 9.84 Å². The molecule has 1 heterocycles. The number of carbonyl (C=O) groups is 1. The summed E-state index contributed by atoms with van der Waals surface area (Å²) in [6.45, 7) is 0.00771. The number of hydrogen-bond acceptors (Lipinski definition) is 4. The van der Waals surface area contributed by atoms with Crippen LogP contribution in [-0.2, 0) is 4.79 Å². The van der Waals surface area contributed by atoms with Gasteiger partial charge in [-0.05, 0) is 37.5 Å². The maximum atomic E-state index is 14.4. The lowest BCUT2D eigenvalue weighted by Gasteiger charge is -2.24. The molecule has 0 spiro atoms. The van der Waals surface area contributed by atoms with Gasteiger partial charge in [-0.3, -0.25) is 4.79 Å². The number of pyridine rings is 1. The van der Waals surface area contributed by atoms with Crippen LogP contribution in [-0.4, -0.2) is 27.9 Å². The van der Waals surface area contributed by atoms with E-state index in [9.17, 15) is 13.6 Å². The van der Waals surface area contributed by atoms with E-state index in [1.54, 1.807) is 23.9 Å². The predicted octanol–water partition coefficient (Wildman–Crippen LogP) is 4.92. The van der Waals surface area contributed by atoms with Crippen LogP contribution >= 0.6 is 11.8 Å². The average Bonchev–Trinajstić information content (AvgIpc) is 2.57. The molecule has 0 amide bonds. The molecule has 1 saturated carbocycles. The molecule has 0 unspecified atom stereocenters. The summed E-state index contributed by atoms with van der Waals surface area (Å²) in [4.78, 5) is 14.9. The summed E-state index contributed by atoms with van der Waals surface area (Å²) in [7, 11) is 0. The summed E-state index contributed by atoms with van der Waals surface area (Å²) in [6.07, 6.45) is 3.68. The van der Waals surface area contributed by atoms with Gasteiger partial charge in [0.2, 0.25) is 0 Å². The Morgan fingerprint density at radius 2 is 2.08 bits per heavy atom. The Morgan fingerprint density at radius 1 is 1.27 bits per heavy atom. The predicted molar refractivity (Wildman–Crippen MR) is 95.4 cm³/mol. The normalized spacial score (nSPS) is 14.1. The zero-order valence-electron chi connectivity index (χ0n) is 14.1. The summed E-state index contributed by atoms with van der Waals surface area (Å²) in [5, 5.41) is 9.93. The smallest absolute Gasteiger partial charge is 0.303 e. The minimum Gasteiger partial charge on any atom is -0.490 e. The second kappa shape index (κ2) is 8.49. The zero-order chi connectivity index (χ0) is 18.5. The van der Waals surface area contributed by atoms with Crippen molar-refractivity contribution >= 4 is 17.7 Å². The molecule has 0 bridgehead atoms. The molecule has 1 fully saturated rings. The standard InChI is InChI=1S/C19H19F2NO3S/c20-14-11-17(25-9-3-8-19(23)24)15(21)10-13(14)16-6-2-7-18(22-16)26-12-4-1-5-12/h2,6-7,10-12H,1,3-5,8-9H2,(H,23,24). The number of ether oxygens (including phenoxy) is 1. The highest BCUT2D eigenvalue weighted by molar-refractivity contribution is 7.99. The Labute approximate surface area is 154 Å². The molecule has 4 nitrogen and oxygen atoms in total. The fourth-order valence-corrected chi connectivity index (χ4v) is 3.75. The first-order valence-electron chi connectivity index (χ1n) is 8.50. The Kier molecular flexibility index (Phi) is 6.08. The number of rotatable bonds is 8. The summed E-state index contributed by atoms with van der Waals surface area (Å²) < 4.78 is 33.8. The van der Waals surface area contributed by atoms with Gasteiger partial charge >= 0.3 is 5.97 Å². The highest BCUT2D eigenvalue weighted by Gasteiger charge is 2.20. The van der Waals surface area contributed by atoms with E-state index in [0.717, 1.165) is 30.0 Å². The summed E-state index contributed by atoms with van der Waals surface area (Å²) >= 11 is 1.67. The van der Waals surface area contributed by atoms with Gasteiger partial charge in [-0.15, -0.1) is 11.8 Å². The van der Waals surface area contributed by atoms with Crippen LogP contribution in [0.4, 0.5) is 8.78 Å². The lowest BCUT2D eigenvalue weighted by molar-refractivity contribution is -0.137. The maximum Gasteiger partial charge on any atom is 0.303 e. The Morgan fingerprint density at radius 3 is 2.77 bits per heavy atom. The molecule has 0 aliphatic heterocycles. The van der Waals surface area contributed by atoms with Crippen LogP contribution < -0.4 is 4.74 Å². The number of thioether (sulfide) groups is 1. The molecule has 0 saturated heterocycles. The van der Waals surface area contributed by atoms with Crippen LogP contribution in [0.25, 0.3) is 11.3 Å². The molecule has 3 rings (SSSR count). The summed E-state index contributed by atoms with van der Waals surface area (Å²) in [5.74, 6) is -2.51. The van der Waals surface area contributed by atoms with Crippen molar-refractivity contribution in [2.45, 2.75) is 42.4 Å². The molecule has 2 aromatic rings. The molecule has 26 heavy (non-hydrogen) atoms. The Bertz CT molecular complexity index is 796. The SMILES string of the molecule is O=C(O)CCCOc1cc(F)c(-c2cccc(SC3CCC3)n2)cc1F. The molecular formula is C19H19F2NO3S. The maximum absolute atomic E-state index is 14.4. The summed E-state index contributed by atoms with van der Waals surface area (Å²) in [6, 6.07) is 7.37. The number of carboxylic acid groups (broad SMARTS) is 1. The molecule has 7 heteroatoms. The van der Waals surface area contributed by atoms with E-state index in [-0.39, 0.29) is 30.8 Å². The molecule has 1 aliphatic carbocycles. The van der Waals surface area contributed by atoms with Gasteiger partial charge in [-0.2, -0.15) is 0 Å². The number of aliphatic carboxylic acids is 1. The van der Waals surface area contributed by atoms with Crippen molar-refractivity contribution in [3.8, 4) is 17.0 Å². The number of benzene rings is 1. The van der Waals surface area contributed by atoms with Crippen molar-refractivity contribution in [1.82, 2.24) is 4.98 Å². The van der Waals surface area contributed by atoms with Gasteiger partial charge in [0.15, 0.2) is 11.6 Å². The number of carboxylic acids is 1. The largest absolute Gasteiger partial charge is 0.490 e. The summed E-state index contributed by atoms with van der Waals surface area (Å²) in [5.41, 5.74) is 0.458. The van der Waals surface area contributed by atoms with Crippen LogP contribution in [0, 0.1) is 11.6 Å². The second-order valence-corrected chi connectivity index (χ2v) is 7.46. The third-order valence-corrected chi connectivity index (χ3v) is 5.43. The molecule has 0 radical (unpaired) electrons. The van der Waals surface area contributed by atoms with Gasteiger partial charge in [0.25, 0.3) is 0 Å². The van der Waals surface area contributed by atoms with E-state index in [0.29, 0.717) is 10.9 Å². The van der Waals surface area contributed by atoms with Crippen LogP contribution in [0.1, 0.15) is 32.1 Å². The van der Waals surface area contributed by atoms with E-state index < -0.39 is 17.6 Å². The zero-order valence-corrected chi connectivity index (χ0v) is 14.9. The quantitative estimate of drug-likeness (QED) is 0.660. The topological polar surface area (TPSA) is 59.4 Å². The third-order valence-electron chi connectivity index (χ3n) is 4.15. The molecule has 1 aromatic carbocycles. The fraction of sp³-hybridized carbons (Fsp3) is 0.368. The van der Waals surface area contributed by atoms with Crippen LogP contribution in [0.2, 0.25) is 0 Å². The van der Waals surface area contributed by atoms with Crippen molar-refractivity contribution in [2.24, 2.45) is 0 Å². The van der Waals surface area contributed by atoms with Crippen molar-refractivity contribution in [3.05, 3.63) is 42.0 Å². The molecule has 0 atom stereocenters. The molecule has 1 N–H and O–H groups in total. The molecule has 1 aliphatic rings. The minimum absolute atomic E-state index is 0.00771. The fourth-order valence-electron chi connectivity index (χ4n) is 2.53. The first kappa shape index (κ1) is 18.6. The number of nitrogens with zero attached hydrogens (tertiary/aromatic N) is 1. The van der Waals surface area contributed by atoms with Crippen LogP contribution in [0.5, 0.6) is 5.75 Å². The first-order chi connectivity index (χ1) is 12.5. The lowest BCUT2D eigenvalue weighted by Crippen LogP contribution is -2.13. The molecular weight excluding hydrogens is 360 g/mol. The van der Waals surface area contributed by atoms with E-state index in [1.165, 1.54) is 6.42 Å². The lowest BCUT2D eigenvalue weighted by atomic mass is 10.0. The number of hydrogen-bond donors (Lipinski definition) is 1. The van der Waals surface area contributed by atoms with Crippen molar-refractivity contribution in [3.63, 3.8) is 0 Å². The highest BCUT2D eigenvalue weighted by atomic mass is 32.2. The molecule has 1 aromatic heterocycles. The minimum atomic E-state index is -0.957. The second-order valence-electron chi connectivity index (χ2n) is 6.14. The van der Waals surface area contributed by atoms with Gasteiger partial charge in [0, 0.05) is 23.3 Å². The van der Waals surface area contributed by atoms with Crippen LogP contribution in [0.15, 0.2) is 35.4 Å². The van der Waals surface area contributed by atoms with Crippen molar-refractivity contribution in [2.75, 3.05) is 6.61 Å². The third kappa shape index (κ3) is 4.72. The monoisotopic (exact) mass is 379 g/mol. The van der Waals surface area contributed by atoms with Crippen molar-refractivity contribution < 1.29 is 23.4 Å². The van der Waals surface area contributed by atoms with E-state index >= 15 is 0 Å². The first-order valence-corrected chi connectivity index (χ1v) is 9.38.